The summed E-state index contributed by atoms with van der Waals surface area (Å²) in [7, 11) is 0.783. The van der Waals surface area contributed by atoms with Crippen LogP contribution in [-0.2, 0) is 10.8 Å². The molecule has 8 aromatic carbocycles. The molecule has 5 heteroatoms. The molecule has 0 bridgehead atoms. The Morgan fingerprint density at radius 3 is 1.95 bits per heavy atom. The van der Waals surface area contributed by atoms with Gasteiger partial charge in [-0.3, -0.25) is 0 Å². The zero-order valence-electron chi connectivity index (χ0n) is 34.3. The molecular weight excluding hydrogens is 731 g/mol. The number of nitrogens with one attached hydrogen (secondary N) is 1. The van der Waals surface area contributed by atoms with Crippen LogP contribution in [0, 0.1) is 0 Å². The molecule has 4 heterocycles. The van der Waals surface area contributed by atoms with Crippen molar-refractivity contribution in [2.45, 2.75) is 45.4 Å². The van der Waals surface area contributed by atoms with Crippen LogP contribution in [0.2, 0.25) is 0 Å². The van der Waals surface area contributed by atoms with Gasteiger partial charge in [0.15, 0.2) is 7.28 Å². The van der Waals surface area contributed by atoms with E-state index in [1.54, 1.807) is 0 Å². The van der Waals surface area contributed by atoms with Crippen LogP contribution >= 0.6 is 0 Å². The fourth-order valence-corrected chi connectivity index (χ4v) is 10.7. The van der Waals surface area contributed by atoms with Gasteiger partial charge in [-0.2, -0.15) is 0 Å². The lowest BCUT2D eigenvalue weighted by molar-refractivity contribution is 0.590. The third kappa shape index (κ3) is 4.58. The number of fused-ring (bicyclic) bond motifs is 14. The number of hydrogen-bond donors (Lipinski definition) is 1. The standard InChI is InChI=1S/C55H41BN2O2/c1-54(2,3)30-18-20-31(21-19-30)57-45-28-50-40(33-13-7-10-16-48(33)59-50)25-38(45)35-22-23-36-39-24-37-32-12-6-9-15-42(32)55(4,5)43(37)27-46(39)58-47-29-51-41(26-44(47)56-52(35)53(36)58)34-14-8-11-17-49(34)60-51/h6-29,56-57H,1-5H3. The van der Waals surface area contributed by atoms with Gasteiger partial charge in [0.25, 0.3) is 0 Å². The van der Waals surface area contributed by atoms with E-state index in [-0.39, 0.29) is 10.8 Å². The zero-order chi connectivity index (χ0) is 40.2. The molecule has 3 aromatic heterocycles. The van der Waals surface area contributed by atoms with Crippen LogP contribution in [0.3, 0.4) is 0 Å². The van der Waals surface area contributed by atoms with Crippen LogP contribution < -0.4 is 16.2 Å². The monoisotopic (exact) mass is 772 g/mol. The van der Waals surface area contributed by atoms with E-state index in [1.165, 1.54) is 71.8 Å². The van der Waals surface area contributed by atoms with Crippen molar-refractivity contribution in [3.05, 3.63) is 162 Å². The summed E-state index contributed by atoms with van der Waals surface area (Å²) < 4.78 is 15.6. The van der Waals surface area contributed by atoms with Crippen molar-refractivity contribution >= 4 is 95.3 Å². The first-order valence-electron chi connectivity index (χ1n) is 21.1. The molecule has 2 aliphatic rings. The van der Waals surface area contributed by atoms with E-state index in [4.69, 9.17) is 8.83 Å². The van der Waals surface area contributed by atoms with Crippen molar-refractivity contribution in [3.63, 3.8) is 0 Å². The minimum Gasteiger partial charge on any atom is -0.456 e. The van der Waals surface area contributed by atoms with Gasteiger partial charge in [-0.1, -0.05) is 131 Å². The van der Waals surface area contributed by atoms with Gasteiger partial charge in [-0.15, -0.1) is 0 Å². The molecule has 1 aliphatic heterocycles. The SMILES string of the molecule is CC(C)(C)c1ccc(Nc2cc3oc4ccccc4c3cc2-c2ccc3c4cc5c(cc4n4c3c2Bc2cc3c(cc2-4)oc2ccccc23)C(C)(C)c2ccccc2-5)cc1. The minimum atomic E-state index is -0.126. The molecule has 286 valence electrons. The van der Waals surface area contributed by atoms with Crippen molar-refractivity contribution in [2.24, 2.45) is 0 Å². The fourth-order valence-electron chi connectivity index (χ4n) is 10.7. The topological polar surface area (TPSA) is 43.2 Å². The molecule has 0 radical (unpaired) electrons. The molecule has 0 amide bonds. The number of benzene rings is 8. The highest BCUT2D eigenvalue weighted by Gasteiger charge is 2.37. The fraction of sp³-hybridized carbons (Fsp3) is 0.127. The second-order valence-corrected chi connectivity index (χ2v) is 18.6. The number of anilines is 2. The van der Waals surface area contributed by atoms with E-state index in [0.717, 1.165) is 68.1 Å². The van der Waals surface area contributed by atoms with Gasteiger partial charge in [0, 0.05) is 72.3 Å². The van der Waals surface area contributed by atoms with Crippen molar-refractivity contribution in [3.8, 4) is 27.9 Å². The molecule has 1 N–H and O–H groups in total. The van der Waals surface area contributed by atoms with E-state index >= 15 is 0 Å². The molecule has 1 aliphatic carbocycles. The van der Waals surface area contributed by atoms with Gasteiger partial charge in [0.05, 0.1) is 11.2 Å². The lowest BCUT2D eigenvalue weighted by atomic mass is 9.59. The maximum absolute atomic E-state index is 6.57. The van der Waals surface area contributed by atoms with Crippen LogP contribution in [0.4, 0.5) is 11.4 Å². The predicted octanol–water partition coefficient (Wildman–Crippen LogP) is 13.3. The van der Waals surface area contributed by atoms with Gasteiger partial charge < -0.3 is 18.7 Å². The van der Waals surface area contributed by atoms with E-state index in [1.807, 2.05) is 6.07 Å². The Balaban J connectivity index is 1.11. The Labute approximate surface area is 348 Å². The Hall–Kier alpha value is -6.98. The average molecular weight is 773 g/mol. The first kappa shape index (κ1) is 33.9. The van der Waals surface area contributed by atoms with Gasteiger partial charge in [0.2, 0.25) is 0 Å². The van der Waals surface area contributed by atoms with Gasteiger partial charge in [-0.25, -0.2) is 0 Å². The molecule has 4 nitrogen and oxygen atoms in total. The molecule has 0 atom stereocenters. The Kier molecular flexibility index (Phi) is 6.57. The Morgan fingerprint density at radius 2 is 1.20 bits per heavy atom. The maximum atomic E-state index is 6.57. The number of rotatable bonds is 3. The number of furan rings is 2. The third-order valence-corrected chi connectivity index (χ3v) is 13.8. The van der Waals surface area contributed by atoms with Crippen LogP contribution in [0.5, 0.6) is 0 Å². The number of nitrogens with zero attached hydrogens (tertiary/aromatic N) is 1. The molecule has 0 fully saturated rings. The molecule has 0 spiro atoms. The third-order valence-electron chi connectivity index (χ3n) is 13.8. The smallest absolute Gasteiger partial charge is 0.198 e. The molecule has 0 unspecified atom stereocenters. The molecule has 11 aromatic rings. The molecule has 13 rings (SSSR count). The summed E-state index contributed by atoms with van der Waals surface area (Å²) in [5.41, 5.74) is 21.0. The second-order valence-electron chi connectivity index (χ2n) is 18.6. The number of aromatic nitrogens is 1. The average Bonchev–Trinajstić information content (AvgIpc) is 3.96. The molecule has 0 saturated carbocycles. The highest BCUT2D eigenvalue weighted by Crippen LogP contribution is 2.51. The highest BCUT2D eigenvalue weighted by atomic mass is 16.3. The summed E-state index contributed by atoms with van der Waals surface area (Å²) in [4.78, 5) is 0. The lowest BCUT2D eigenvalue weighted by Crippen LogP contribution is -2.37. The van der Waals surface area contributed by atoms with Crippen molar-refractivity contribution in [1.29, 1.82) is 0 Å². The van der Waals surface area contributed by atoms with E-state index in [2.05, 4.69) is 184 Å². The van der Waals surface area contributed by atoms with Gasteiger partial charge >= 0.3 is 0 Å². The van der Waals surface area contributed by atoms with Crippen LogP contribution in [0.15, 0.2) is 154 Å². The summed E-state index contributed by atoms with van der Waals surface area (Å²) in [6, 6.07) is 53.6. The Morgan fingerprint density at radius 1 is 0.533 bits per heavy atom. The largest absolute Gasteiger partial charge is 0.456 e. The van der Waals surface area contributed by atoms with Crippen LogP contribution in [0.25, 0.3) is 93.6 Å². The highest BCUT2D eigenvalue weighted by molar-refractivity contribution is 6.73. The van der Waals surface area contributed by atoms with Crippen molar-refractivity contribution in [2.75, 3.05) is 5.32 Å². The maximum Gasteiger partial charge on any atom is 0.198 e. The van der Waals surface area contributed by atoms with E-state index < -0.39 is 0 Å². The van der Waals surface area contributed by atoms with E-state index in [0.29, 0.717) is 0 Å². The van der Waals surface area contributed by atoms with E-state index in [9.17, 15) is 0 Å². The van der Waals surface area contributed by atoms with Crippen LogP contribution in [-0.4, -0.2) is 11.8 Å². The zero-order valence-corrected chi connectivity index (χ0v) is 34.3. The first-order chi connectivity index (χ1) is 29.1. The van der Waals surface area contributed by atoms with Gasteiger partial charge in [0.1, 0.15) is 22.3 Å². The molecule has 60 heavy (non-hydrogen) atoms. The van der Waals surface area contributed by atoms with Crippen molar-refractivity contribution < 1.29 is 8.83 Å². The minimum absolute atomic E-state index is 0.0668. The molecule has 0 saturated heterocycles. The first-order valence-corrected chi connectivity index (χ1v) is 21.1. The summed E-state index contributed by atoms with van der Waals surface area (Å²) in [6.07, 6.45) is 0. The summed E-state index contributed by atoms with van der Waals surface area (Å²) in [5.74, 6) is 0. The van der Waals surface area contributed by atoms with Crippen LogP contribution in [0.1, 0.15) is 51.3 Å². The van der Waals surface area contributed by atoms with Crippen molar-refractivity contribution in [1.82, 2.24) is 4.57 Å². The summed E-state index contributed by atoms with van der Waals surface area (Å²) in [5, 5.41) is 11.0. The number of hydrogen-bond acceptors (Lipinski definition) is 3. The second kappa shape index (κ2) is 11.6. The quantitative estimate of drug-likeness (QED) is 0.182. The predicted molar refractivity (Wildman–Crippen MR) is 253 cm³/mol. The van der Waals surface area contributed by atoms with Gasteiger partial charge in [-0.05, 0) is 86.7 Å². The molecular formula is C55H41BN2O2. The number of para-hydroxylation sites is 2. The lowest BCUT2D eigenvalue weighted by Gasteiger charge is -2.24. The Bertz CT molecular complexity index is 3670. The summed E-state index contributed by atoms with van der Waals surface area (Å²) in [6.45, 7) is 11.5. The summed E-state index contributed by atoms with van der Waals surface area (Å²) >= 11 is 0. The normalized spacial score (nSPS) is 14.0.